The minimum Gasteiger partial charge on any atom is -0.691 e. The van der Waals surface area contributed by atoms with E-state index in [1.807, 2.05) is 0 Å². The number of benzene rings is 1. The molecule has 0 aliphatic rings. The standard InChI is InChI=1S/C22H27N3O12S/c1-11-12-6-17(38-37-36-34)14(23)8-16(12)35-22(33)13(11)7-18(26)24-5-3-2-4-15(21(31)32)25(9-19(27)28)10-20(29)30/h6,8,15,34H,2-5,7,9-10,23H2,1H3,(H,24,26)(H,27,28)(H,29,30)(H,31,32)/p-4. The van der Waals surface area contributed by atoms with Crippen LogP contribution in [0.4, 0.5) is 5.69 Å². The minimum absolute atomic E-state index is 0.0777. The van der Waals surface area contributed by atoms with Crippen LogP contribution in [0.15, 0.2) is 26.2 Å². The Morgan fingerprint density at radius 2 is 1.79 bits per heavy atom. The van der Waals surface area contributed by atoms with E-state index in [-0.39, 0.29) is 49.1 Å². The first-order valence-corrected chi connectivity index (χ1v) is 11.8. The maximum absolute atomic E-state index is 12.5. The molecule has 0 spiro atoms. The third kappa shape index (κ3) is 8.70. The highest BCUT2D eigenvalue weighted by atomic mass is 32.2. The SMILES string of the molecule is Cc1c(CC(=O)NCCCCC(C(=O)[O-])N(CC(=O)[O-])CC(=O)[O-])c(=O)oc2cc(N)c(SOO[O-])cc12. The van der Waals surface area contributed by atoms with Crippen molar-refractivity contribution in [1.29, 1.82) is 0 Å². The topological polar surface area (TPSA) is 250 Å². The van der Waals surface area contributed by atoms with Crippen molar-refractivity contribution in [1.82, 2.24) is 10.2 Å². The number of hydrogen-bond donors (Lipinski definition) is 2. The van der Waals surface area contributed by atoms with Crippen LogP contribution in [0.1, 0.15) is 30.4 Å². The Morgan fingerprint density at radius 3 is 2.37 bits per heavy atom. The van der Waals surface area contributed by atoms with E-state index in [9.17, 15) is 44.5 Å². The fraction of sp³-hybridized carbons (Fsp3) is 0.409. The normalized spacial score (nSPS) is 12.0. The number of nitrogens with one attached hydrogen (secondary N) is 1. The van der Waals surface area contributed by atoms with Crippen LogP contribution in [0, 0.1) is 6.92 Å². The average Bonchev–Trinajstić information content (AvgIpc) is 2.81. The van der Waals surface area contributed by atoms with Crippen LogP contribution >= 0.6 is 12.0 Å². The molecule has 0 radical (unpaired) electrons. The molecule has 0 bridgehead atoms. The highest BCUT2D eigenvalue weighted by Crippen LogP contribution is 2.32. The zero-order valence-corrected chi connectivity index (χ0v) is 20.8. The van der Waals surface area contributed by atoms with Gasteiger partial charge in [0.1, 0.15) is 5.58 Å². The molecule has 15 nitrogen and oxygen atoms in total. The van der Waals surface area contributed by atoms with Crippen molar-refractivity contribution >= 4 is 52.5 Å². The number of rotatable bonds is 16. The maximum atomic E-state index is 12.5. The van der Waals surface area contributed by atoms with Gasteiger partial charge in [0.15, 0.2) is 0 Å². The van der Waals surface area contributed by atoms with Crippen molar-refractivity contribution in [3.05, 3.63) is 33.7 Å². The van der Waals surface area contributed by atoms with Crippen LogP contribution in [0.5, 0.6) is 0 Å². The summed E-state index contributed by atoms with van der Waals surface area (Å²) in [5.74, 6) is -5.52. The molecule has 3 N–H and O–H groups in total. The van der Waals surface area contributed by atoms with Crippen molar-refractivity contribution in [2.24, 2.45) is 0 Å². The molecule has 0 saturated heterocycles. The number of amides is 1. The fourth-order valence-corrected chi connectivity index (χ4v) is 4.15. The Kier molecular flexibility index (Phi) is 11.5. The first kappa shape index (κ1) is 30.5. The first-order chi connectivity index (χ1) is 17.9. The van der Waals surface area contributed by atoms with Crippen molar-refractivity contribution in [2.75, 3.05) is 25.4 Å². The molecule has 16 heteroatoms. The number of fused-ring (bicyclic) bond motifs is 1. The summed E-state index contributed by atoms with van der Waals surface area (Å²) >= 11 is 0.554. The lowest BCUT2D eigenvalue weighted by Gasteiger charge is -2.33. The predicted molar refractivity (Wildman–Crippen MR) is 121 cm³/mol. The molecule has 0 saturated carbocycles. The molecule has 1 unspecified atom stereocenters. The van der Waals surface area contributed by atoms with Gasteiger partial charge in [-0.25, -0.2) is 4.79 Å². The molecule has 0 fully saturated rings. The first-order valence-electron chi connectivity index (χ1n) is 11.0. The Labute approximate surface area is 219 Å². The smallest absolute Gasteiger partial charge is 0.340 e. The second-order valence-electron chi connectivity index (χ2n) is 8.11. The zero-order valence-electron chi connectivity index (χ0n) is 20.0. The zero-order chi connectivity index (χ0) is 28.4. The van der Waals surface area contributed by atoms with Crippen molar-refractivity contribution in [3.63, 3.8) is 0 Å². The number of nitrogens with zero attached hydrogens (tertiary/aromatic N) is 1. The molecule has 1 atom stereocenters. The van der Waals surface area contributed by atoms with E-state index < -0.39 is 48.6 Å². The highest BCUT2D eigenvalue weighted by Gasteiger charge is 2.20. The number of nitrogen functional groups attached to an aromatic ring is 1. The molecule has 0 aliphatic heterocycles. The van der Waals surface area contributed by atoms with Gasteiger partial charge < -0.3 is 50.4 Å². The predicted octanol–water partition coefficient (Wildman–Crippen LogP) is -4.34. The quantitative estimate of drug-likeness (QED) is 0.0497. The summed E-state index contributed by atoms with van der Waals surface area (Å²) in [7, 11) is 0. The summed E-state index contributed by atoms with van der Waals surface area (Å²) in [6.07, 6.45) is -0.0584. The van der Waals surface area contributed by atoms with Crippen molar-refractivity contribution in [2.45, 2.75) is 43.5 Å². The highest BCUT2D eigenvalue weighted by molar-refractivity contribution is 7.94. The number of unbranched alkanes of at least 4 members (excludes halogenated alkanes) is 1. The van der Waals surface area contributed by atoms with Gasteiger partial charge in [0.05, 0.1) is 58.6 Å². The number of carboxylic acid groups (broad SMARTS) is 3. The van der Waals surface area contributed by atoms with E-state index in [0.717, 1.165) is 0 Å². The lowest BCUT2D eigenvalue weighted by Crippen LogP contribution is -2.54. The fourth-order valence-electron chi connectivity index (χ4n) is 3.73. The van der Waals surface area contributed by atoms with Gasteiger partial charge in [-0.05, 0) is 37.8 Å². The van der Waals surface area contributed by atoms with Crippen molar-refractivity contribution < 1.29 is 53.5 Å². The van der Waals surface area contributed by atoms with E-state index in [0.29, 0.717) is 32.8 Å². The molecule has 38 heavy (non-hydrogen) atoms. The Hall–Kier alpha value is -3.70. The number of carboxylic acids is 3. The van der Waals surface area contributed by atoms with E-state index >= 15 is 0 Å². The monoisotopic (exact) mass is 553 g/mol. The van der Waals surface area contributed by atoms with Gasteiger partial charge in [0.2, 0.25) is 5.91 Å². The van der Waals surface area contributed by atoms with E-state index in [1.165, 1.54) is 12.1 Å². The number of hydrogen-bond acceptors (Lipinski definition) is 15. The number of nitrogens with two attached hydrogens (primary N) is 1. The summed E-state index contributed by atoms with van der Waals surface area (Å²) < 4.78 is 9.54. The molecule has 2 rings (SSSR count). The van der Waals surface area contributed by atoms with E-state index in [1.54, 1.807) is 6.92 Å². The summed E-state index contributed by atoms with van der Waals surface area (Å²) in [5.41, 5.74) is 5.93. The lowest BCUT2D eigenvalue weighted by atomic mass is 10.0. The average molecular weight is 554 g/mol. The van der Waals surface area contributed by atoms with Crippen molar-refractivity contribution in [3.8, 4) is 0 Å². The minimum atomic E-state index is -1.67. The molecule has 1 heterocycles. The van der Waals surface area contributed by atoms with Crippen LogP contribution in [-0.2, 0) is 35.0 Å². The van der Waals surface area contributed by atoms with Crippen LogP contribution in [0.2, 0.25) is 0 Å². The second-order valence-corrected chi connectivity index (χ2v) is 8.85. The van der Waals surface area contributed by atoms with Gasteiger partial charge in [-0.2, -0.15) is 4.33 Å². The maximum Gasteiger partial charge on any atom is 0.340 e. The molecular weight excluding hydrogens is 530 g/mol. The van der Waals surface area contributed by atoms with E-state index in [4.69, 9.17) is 10.2 Å². The molecule has 1 aromatic heterocycles. The summed E-state index contributed by atoms with van der Waals surface area (Å²) in [6, 6.07) is 1.35. The number of anilines is 1. The summed E-state index contributed by atoms with van der Waals surface area (Å²) in [5, 5.41) is 49.5. The molecule has 208 valence electrons. The third-order valence-corrected chi connectivity index (χ3v) is 6.17. The lowest BCUT2D eigenvalue weighted by molar-refractivity contribution is -0.777. The molecule has 2 aromatic rings. The number of carbonyl (C=O) groups is 4. The van der Waals surface area contributed by atoms with Crippen LogP contribution < -0.4 is 37.3 Å². The number of aryl methyl sites for hydroxylation is 1. The number of aliphatic carboxylic acids is 3. The van der Waals surface area contributed by atoms with Gasteiger partial charge >= 0.3 is 5.63 Å². The van der Waals surface area contributed by atoms with Crippen LogP contribution in [0.3, 0.4) is 0 Å². The Bertz CT molecular complexity index is 1230. The molecule has 0 aliphatic carbocycles. The molecule has 1 amide bonds. The molecule has 1 aromatic carbocycles. The third-order valence-electron chi connectivity index (χ3n) is 5.51. The van der Waals surface area contributed by atoms with Gasteiger partial charge in [-0.3, -0.25) is 14.7 Å². The molecular formula is C22H23N3O12S-4. The largest absolute Gasteiger partial charge is 0.691 e. The summed E-state index contributed by atoms with van der Waals surface area (Å²) in [6.45, 7) is -0.198. The number of carbonyl (C=O) groups excluding carboxylic acids is 4. The Morgan fingerprint density at radius 1 is 1.13 bits per heavy atom. The van der Waals surface area contributed by atoms with Gasteiger partial charge in [-0.15, -0.1) is 0 Å². The summed E-state index contributed by atoms with van der Waals surface area (Å²) in [4.78, 5) is 58.9. The second kappa shape index (κ2) is 14.3. The Balaban J connectivity index is 1.99. The van der Waals surface area contributed by atoms with Gasteiger partial charge in [0.25, 0.3) is 0 Å². The van der Waals surface area contributed by atoms with Crippen LogP contribution in [-0.4, -0.2) is 54.4 Å². The van der Waals surface area contributed by atoms with Gasteiger partial charge in [-0.1, -0.05) is 0 Å². The van der Waals surface area contributed by atoms with Crippen LogP contribution in [0.25, 0.3) is 11.0 Å². The van der Waals surface area contributed by atoms with Gasteiger partial charge in [0, 0.05) is 31.1 Å². The van der Waals surface area contributed by atoms with E-state index in [2.05, 4.69) is 14.7 Å².